The summed E-state index contributed by atoms with van der Waals surface area (Å²) in [6.45, 7) is 7.22. The SMILES string of the molecule is CC1=CC(=C(C)C#N)C=C(C)N1CCOS. The van der Waals surface area contributed by atoms with Gasteiger partial charge in [0, 0.05) is 23.5 Å². The Labute approximate surface area is 102 Å². The van der Waals surface area contributed by atoms with Gasteiger partial charge >= 0.3 is 0 Å². The van der Waals surface area contributed by atoms with Crippen molar-refractivity contribution in [2.45, 2.75) is 20.8 Å². The Bertz CT molecular complexity index is 380. The molecule has 0 N–H and O–H groups in total. The first-order chi connectivity index (χ1) is 7.60. The molecule has 16 heavy (non-hydrogen) atoms. The summed E-state index contributed by atoms with van der Waals surface area (Å²) in [7, 11) is 0. The van der Waals surface area contributed by atoms with Crippen molar-refractivity contribution in [3.05, 3.63) is 34.7 Å². The van der Waals surface area contributed by atoms with Crippen molar-refractivity contribution in [3.8, 4) is 6.07 Å². The van der Waals surface area contributed by atoms with Crippen molar-refractivity contribution in [1.82, 2.24) is 4.90 Å². The quantitative estimate of drug-likeness (QED) is 0.465. The second kappa shape index (κ2) is 5.78. The van der Waals surface area contributed by atoms with Crippen LogP contribution in [0, 0.1) is 11.3 Å². The first-order valence-corrected chi connectivity index (χ1v) is 5.48. The Kier molecular flexibility index (Phi) is 4.66. The standard InChI is InChI=1S/C12H16N2OS/c1-9(8-13)12-6-10(2)14(4-5-15-16)11(3)7-12/h6-7,16H,4-5H2,1-3H3. The lowest BCUT2D eigenvalue weighted by atomic mass is 10.0. The predicted molar refractivity (Wildman–Crippen MR) is 67.5 cm³/mol. The van der Waals surface area contributed by atoms with Gasteiger partial charge in [-0.2, -0.15) is 5.26 Å². The number of rotatable bonds is 3. The van der Waals surface area contributed by atoms with E-state index in [4.69, 9.17) is 9.44 Å². The van der Waals surface area contributed by atoms with Gasteiger partial charge in [-0.05, 0) is 51.4 Å². The average Bonchev–Trinajstić information content (AvgIpc) is 2.26. The molecule has 0 amide bonds. The fourth-order valence-electron chi connectivity index (χ4n) is 1.69. The molecule has 0 aromatic heterocycles. The van der Waals surface area contributed by atoms with Crippen molar-refractivity contribution >= 4 is 12.9 Å². The number of allylic oxidation sites excluding steroid dienone is 6. The van der Waals surface area contributed by atoms with Gasteiger partial charge in [0.15, 0.2) is 0 Å². The minimum absolute atomic E-state index is 0.565. The molecular formula is C12H16N2OS. The van der Waals surface area contributed by atoms with Gasteiger partial charge in [0.25, 0.3) is 0 Å². The molecule has 0 saturated heterocycles. The summed E-state index contributed by atoms with van der Waals surface area (Å²) in [4.78, 5) is 2.14. The minimum atomic E-state index is 0.565. The van der Waals surface area contributed by atoms with Gasteiger partial charge in [0.2, 0.25) is 0 Å². The number of nitriles is 1. The van der Waals surface area contributed by atoms with Gasteiger partial charge in [-0.25, -0.2) is 0 Å². The van der Waals surface area contributed by atoms with Crippen LogP contribution in [0.15, 0.2) is 34.7 Å². The van der Waals surface area contributed by atoms with E-state index in [0.717, 1.165) is 29.1 Å². The van der Waals surface area contributed by atoms with E-state index in [9.17, 15) is 0 Å². The number of hydrogen-bond donors (Lipinski definition) is 1. The summed E-state index contributed by atoms with van der Waals surface area (Å²) >= 11 is 3.73. The highest BCUT2D eigenvalue weighted by Gasteiger charge is 2.13. The maximum absolute atomic E-state index is 8.86. The first-order valence-electron chi connectivity index (χ1n) is 5.11. The van der Waals surface area contributed by atoms with E-state index in [2.05, 4.69) is 23.9 Å². The van der Waals surface area contributed by atoms with E-state index in [1.807, 2.05) is 32.9 Å². The van der Waals surface area contributed by atoms with Crippen LogP contribution in [0.25, 0.3) is 0 Å². The summed E-state index contributed by atoms with van der Waals surface area (Å²) in [5.74, 6) is 0. The molecule has 1 aliphatic rings. The molecule has 86 valence electrons. The van der Waals surface area contributed by atoms with Crippen LogP contribution in [0.2, 0.25) is 0 Å². The molecule has 1 heterocycles. The van der Waals surface area contributed by atoms with Crippen LogP contribution in [0.5, 0.6) is 0 Å². The zero-order valence-corrected chi connectivity index (χ0v) is 10.7. The highest BCUT2D eigenvalue weighted by molar-refractivity contribution is 7.75. The molecule has 0 fully saturated rings. The van der Waals surface area contributed by atoms with E-state index < -0.39 is 0 Å². The Hall–Kier alpha value is -1.18. The monoisotopic (exact) mass is 236 g/mol. The van der Waals surface area contributed by atoms with Gasteiger partial charge in [0.1, 0.15) is 0 Å². The van der Waals surface area contributed by atoms with Gasteiger partial charge in [-0.3, -0.25) is 0 Å². The van der Waals surface area contributed by atoms with Crippen LogP contribution in [0.4, 0.5) is 0 Å². The third-order valence-corrected chi connectivity index (χ3v) is 2.77. The maximum Gasteiger partial charge on any atom is 0.0950 e. The summed E-state index contributed by atoms with van der Waals surface area (Å²) in [5.41, 5.74) is 3.97. The molecule has 0 aromatic carbocycles. The lowest BCUT2D eigenvalue weighted by Crippen LogP contribution is -2.25. The van der Waals surface area contributed by atoms with Crippen molar-refractivity contribution in [2.24, 2.45) is 0 Å². The summed E-state index contributed by atoms with van der Waals surface area (Å²) in [6.07, 6.45) is 4.04. The molecular weight excluding hydrogens is 220 g/mol. The zero-order valence-electron chi connectivity index (χ0n) is 9.82. The van der Waals surface area contributed by atoms with E-state index in [0.29, 0.717) is 6.61 Å². The minimum Gasteiger partial charge on any atom is -0.347 e. The van der Waals surface area contributed by atoms with Crippen LogP contribution in [0.1, 0.15) is 20.8 Å². The molecule has 0 spiro atoms. The molecule has 3 nitrogen and oxygen atoms in total. The molecule has 0 bridgehead atoms. The fraction of sp³-hybridized carbons (Fsp3) is 0.417. The highest BCUT2D eigenvalue weighted by Crippen LogP contribution is 2.23. The van der Waals surface area contributed by atoms with Gasteiger partial charge in [0.05, 0.1) is 12.7 Å². The lowest BCUT2D eigenvalue weighted by molar-refractivity contribution is 0.305. The molecule has 0 aromatic rings. The zero-order chi connectivity index (χ0) is 12.1. The Morgan fingerprint density at radius 1 is 1.44 bits per heavy atom. The number of thiol groups is 1. The van der Waals surface area contributed by atoms with Crippen LogP contribution in [-0.4, -0.2) is 18.1 Å². The largest absolute Gasteiger partial charge is 0.347 e. The maximum atomic E-state index is 8.86. The summed E-state index contributed by atoms with van der Waals surface area (Å²) < 4.78 is 4.77. The van der Waals surface area contributed by atoms with Crippen LogP contribution >= 0.6 is 12.9 Å². The highest BCUT2D eigenvalue weighted by atomic mass is 32.1. The molecule has 0 radical (unpaired) electrons. The molecule has 0 aliphatic carbocycles. The first kappa shape index (κ1) is 12.9. The van der Waals surface area contributed by atoms with Crippen LogP contribution in [-0.2, 0) is 4.18 Å². The van der Waals surface area contributed by atoms with E-state index >= 15 is 0 Å². The molecule has 1 aliphatic heterocycles. The topological polar surface area (TPSA) is 36.3 Å². The lowest BCUT2D eigenvalue weighted by Gasteiger charge is -2.29. The fourth-order valence-corrected chi connectivity index (χ4v) is 1.77. The molecule has 4 heteroatoms. The Morgan fingerprint density at radius 3 is 2.44 bits per heavy atom. The van der Waals surface area contributed by atoms with Gasteiger partial charge < -0.3 is 9.08 Å². The smallest absolute Gasteiger partial charge is 0.0950 e. The Morgan fingerprint density at radius 2 is 2.00 bits per heavy atom. The second-order valence-electron chi connectivity index (χ2n) is 3.75. The third-order valence-electron chi connectivity index (χ3n) is 2.59. The third kappa shape index (κ3) is 2.91. The summed E-state index contributed by atoms with van der Waals surface area (Å²) in [6, 6.07) is 2.17. The van der Waals surface area contributed by atoms with Crippen LogP contribution in [0.3, 0.4) is 0 Å². The number of hydrogen-bond acceptors (Lipinski definition) is 4. The van der Waals surface area contributed by atoms with Crippen molar-refractivity contribution in [2.75, 3.05) is 13.2 Å². The average molecular weight is 236 g/mol. The Balaban J connectivity index is 2.93. The van der Waals surface area contributed by atoms with Crippen molar-refractivity contribution in [3.63, 3.8) is 0 Å². The van der Waals surface area contributed by atoms with Crippen molar-refractivity contribution < 1.29 is 4.18 Å². The summed E-state index contributed by atoms with van der Waals surface area (Å²) in [5, 5.41) is 8.86. The number of nitrogens with zero attached hydrogens (tertiary/aromatic N) is 2. The molecule has 0 saturated carbocycles. The van der Waals surface area contributed by atoms with Gasteiger partial charge in [-0.1, -0.05) is 0 Å². The van der Waals surface area contributed by atoms with E-state index in [-0.39, 0.29) is 0 Å². The predicted octanol–water partition coefficient (Wildman–Crippen LogP) is 2.81. The second-order valence-corrected chi connectivity index (χ2v) is 4.01. The molecule has 0 atom stereocenters. The van der Waals surface area contributed by atoms with Crippen molar-refractivity contribution in [1.29, 1.82) is 5.26 Å². The normalized spacial score (nSPS) is 15.4. The van der Waals surface area contributed by atoms with Gasteiger partial charge in [-0.15, -0.1) is 0 Å². The van der Waals surface area contributed by atoms with E-state index in [1.54, 1.807) is 0 Å². The molecule has 0 unspecified atom stereocenters. The molecule has 1 rings (SSSR count). The van der Waals surface area contributed by atoms with Crippen LogP contribution < -0.4 is 0 Å². The van der Waals surface area contributed by atoms with E-state index in [1.165, 1.54) is 0 Å².